The molecule has 0 N–H and O–H groups in total. The first-order valence-electron chi connectivity index (χ1n) is 6.94. The molecule has 0 amide bonds. The molecule has 0 unspecified atom stereocenters. The van der Waals surface area contributed by atoms with Gasteiger partial charge in [-0.3, -0.25) is 0 Å². The largest absolute Gasteiger partial charge is 0.369 e. The molecule has 0 atom stereocenters. The second kappa shape index (κ2) is 5.84. The Morgan fingerprint density at radius 1 is 1.00 bits per heavy atom. The van der Waals surface area contributed by atoms with Crippen LogP contribution in [0.3, 0.4) is 0 Å². The number of hydrogen-bond acceptors (Lipinski definition) is 1. The maximum Gasteiger partial charge on any atom is 0.146 e. The molecule has 0 aliphatic carbocycles. The van der Waals surface area contributed by atoms with E-state index in [1.165, 1.54) is 11.1 Å². The van der Waals surface area contributed by atoms with Crippen molar-refractivity contribution in [2.45, 2.75) is 18.7 Å². The normalized spacial score (nSPS) is 14.8. The third-order valence-corrected chi connectivity index (χ3v) is 4.24. The van der Waals surface area contributed by atoms with Gasteiger partial charge in [0.25, 0.3) is 0 Å². The van der Waals surface area contributed by atoms with Gasteiger partial charge in [-0.15, -0.1) is 11.6 Å². The zero-order valence-electron chi connectivity index (χ0n) is 11.3. The van der Waals surface area contributed by atoms with Gasteiger partial charge in [-0.2, -0.15) is 0 Å². The van der Waals surface area contributed by atoms with E-state index >= 15 is 0 Å². The Kier molecular flexibility index (Phi) is 3.93. The molecular weight excluding hydrogens is 273 g/mol. The van der Waals surface area contributed by atoms with E-state index in [0.29, 0.717) is 11.6 Å². The molecule has 0 spiro atoms. The Hall–Kier alpha value is -1.54. The van der Waals surface area contributed by atoms with Gasteiger partial charge in [0, 0.05) is 19.0 Å². The second-order valence-corrected chi connectivity index (χ2v) is 5.44. The summed E-state index contributed by atoms with van der Waals surface area (Å²) in [5.41, 5.74) is 4.28. The van der Waals surface area contributed by atoms with Crippen LogP contribution in [-0.2, 0) is 18.7 Å². The van der Waals surface area contributed by atoms with E-state index in [2.05, 4.69) is 29.2 Å². The van der Waals surface area contributed by atoms with Gasteiger partial charge in [-0.05, 0) is 41.7 Å². The molecule has 2 aromatic carbocycles. The summed E-state index contributed by atoms with van der Waals surface area (Å²) in [6.07, 6.45) is 1.93. The van der Waals surface area contributed by atoms with Crippen LogP contribution in [0.4, 0.5) is 10.1 Å². The standard InChI is InChI=1S/C17H17ClFN/c18-12-13-5-6-17(16(19)11-13)20-9-7-14-3-1-2-4-15(14)8-10-20/h1-6,11H,7-10,12H2. The molecule has 104 valence electrons. The topological polar surface area (TPSA) is 3.24 Å². The molecule has 20 heavy (non-hydrogen) atoms. The molecule has 0 bridgehead atoms. The number of benzene rings is 2. The second-order valence-electron chi connectivity index (χ2n) is 5.18. The van der Waals surface area contributed by atoms with Crippen LogP contribution in [0.5, 0.6) is 0 Å². The van der Waals surface area contributed by atoms with Crippen LogP contribution in [0, 0.1) is 5.82 Å². The number of alkyl halides is 1. The lowest BCUT2D eigenvalue weighted by molar-refractivity contribution is 0.616. The van der Waals surface area contributed by atoms with Gasteiger partial charge < -0.3 is 4.90 Å². The summed E-state index contributed by atoms with van der Waals surface area (Å²) in [4.78, 5) is 2.13. The molecule has 1 aliphatic heterocycles. The number of halogens is 2. The molecule has 1 aliphatic rings. The number of anilines is 1. The summed E-state index contributed by atoms with van der Waals surface area (Å²) in [7, 11) is 0. The van der Waals surface area contributed by atoms with E-state index in [1.54, 1.807) is 6.07 Å². The Bertz CT molecular complexity index is 585. The predicted molar refractivity (Wildman–Crippen MR) is 82.0 cm³/mol. The first-order valence-corrected chi connectivity index (χ1v) is 7.47. The van der Waals surface area contributed by atoms with Crippen LogP contribution in [0.2, 0.25) is 0 Å². The predicted octanol–water partition coefficient (Wildman–Crippen LogP) is 4.17. The lowest BCUT2D eigenvalue weighted by Crippen LogP contribution is -2.26. The fourth-order valence-corrected chi connectivity index (χ4v) is 2.97. The molecule has 3 rings (SSSR count). The molecule has 0 radical (unpaired) electrons. The van der Waals surface area contributed by atoms with Crippen LogP contribution >= 0.6 is 11.6 Å². The van der Waals surface area contributed by atoms with Gasteiger partial charge >= 0.3 is 0 Å². The summed E-state index contributed by atoms with van der Waals surface area (Å²) >= 11 is 5.74. The van der Waals surface area contributed by atoms with E-state index in [9.17, 15) is 4.39 Å². The van der Waals surface area contributed by atoms with Gasteiger partial charge in [0.05, 0.1) is 5.69 Å². The molecule has 3 heteroatoms. The van der Waals surface area contributed by atoms with E-state index in [4.69, 9.17) is 11.6 Å². The van der Waals surface area contributed by atoms with Crippen LogP contribution in [0.1, 0.15) is 16.7 Å². The summed E-state index contributed by atoms with van der Waals surface area (Å²) in [6.45, 7) is 1.71. The number of hydrogen-bond donors (Lipinski definition) is 0. The Balaban J connectivity index is 1.83. The highest BCUT2D eigenvalue weighted by molar-refractivity contribution is 6.17. The summed E-state index contributed by atoms with van der Waals surface area (Å²) in [5, 5.41) is 0. The van der Waals surface area contributed by atoms with Crippen molar-refractivity contribution in [2.24, 2.45) is 0 Å². The monoisotopic (exact) mass is 289 g/mol. The van der Waals surface area contributed by atoms with E-state index in [0.717, 1.165) is 31.5 Å². The third kappa shape index (κ3) is 2.66. The molecule has 0 fully saturated rings. The highest BCUT2D eigenvalue weighted by atomic mass is 35.5. The molecule has 1 nitrogen and oxygen atoms in total. The van der Waals surface area contributed by atoms with Gasteiger partial charge in [0.2, 0.25) is 0 Å². The summed E-state index contributed by atoms with van der Waals surface area (Å²) in [5.74, 6) is 0.178. The van der Waals surface area contributed by atoms with Crippen molar-refractivity contribution in [1.29, 1.82) is 0 Å². The Morgan fingerprint density at radius 3 is 2.20 bits per heavy atom. The van der Waals surface area contributed by atoms with Crippen molar-refractivity contribution >= 4 is 17.3 Å². The maximum atomic E-state index is 14.2. The van der Waals surface area contributed by atoms with Crippen LogP contribution in [-0.4, -0.2) is 13.1 Å². The average molecular weight is 290 g/mol. The van der Waals surface area contributed by atoms with Gasteiger partial charge in [-0.1, -0.05) is 30.3 Å². The smallest absolute Gasteiger partial charge is 0.146 e. The number of nitrogens with zero attached hydrogens (tertiary/aromatic N) is 1. The van der Waals surface area contributed by atoms with Crippen LogP contribution in [0.15, 0.2) is 42.5 Å². The van der Waals surface area contributed by atoms with Crippen molar-refractivity contribution in [1.82, 2.24) is 0 Å². The van der Waals surface area contributed by atoms with Crippen molar-refractivity contribution in [2.75, 3.05) is 18.0 Å². The minimum Gasteiger partial charge on any atom is -0.369 e. The fourth-order valence-electron chi connectivity index (χ4n) is 2.80. The SMILES string of the molecule is Fc1cc(CCl)ccc1N1CCc2ccccc2CC1. The fraction of sp³-hybridized carbons (Fsp3) is 0.294. The lowest BCUT2D eigenvalue weighted by Gasteiger charge is -2.23. The highest BCUT2D eigenvalue weighted by Crippen LogP contribution is 2.24. The molecule has 0 saturated carbocycles. The quantitative estimate of drug-likeness (QED) is 0.750. The molecule has 2 aromatic rings. The molecule has 1 heterocycles. The van der Waals surface area contributed by atoms with Crippen molar-refractivity contribution < 1.29 is 4.39 Å². The minimum absolute atomic E-state index is 0.172. The zero-order chi connectivity index (χ0) is 13.9. The van der Waals surface area contributed by atoms with Crippen molar-refractivity contribution in [3.05, 3.63) is 65.0 Å². The molecule has 0 aromatic heterocycles. The van der Waals surface area contributed by atoms with Crippen molar-refractivity contribution in [3.63, 3.8) is 0 Å². The minimum atomic E-state index is -0.172. The summed E-state index contributed by atoms with van der Waals surface area (Å²) < 4.78 is 14.2. The Morgan fingerprint density at radius 2 is 1.65 bits per heavy atom. The van der Waals surface area contributed by atoms with Crippen LogP contribution in [0.25, 0.3) is 0 Å². The molecular formula is C17H17ClFN. The van der Waals surface area contributed by atoms with Crippen molar-refractivity contribution in [3.8, 4) is 0 Å². The zero-order valence-corrected chi connectivity index (χ0v) is 12.0. The molecule has 0 saturated heterocycles. The summed E-state index contributed by atoms with van der Waals surface area (Å²) in [6, 6.07) is 13.8. The maximum absolute atomic E-state index is 14.2. The van der Waals surface area contributed by atoms with Crippen LogP contribution < -0.4 is 4.90 Å². The highest BCUT2D eigenvalue weighted by Gasteiger charge is 2.16. The lowest BCUT2D eigenvalue weighted by atomic mass is 10.0. The van der Waals surface area contributed by atoms with E-state index in [-0.39, 0.29) is 5.82 Å². The van der Waals surface area contributed by atoms with E-state index < -0.39 is 0 Å². The van der Waals surface area contributed by atoms with Gasteiger partial charge in [0.1, 0.15) is 5.82 Å². The van der Waals surface area contributed by atoms with E-state index in [1.807, 2.05) is 12.1 Å². The number of rotatable bonds is 2. The number of fused-ring (bicyclic) bond motifs is 1. The average Bonchev–Trinajstić information content (AvgIpc) is 2.70. The van der Waals surface area contributed by atoms with Gasteiger partial charge in [0.15, 0.2) is 0 Å². The van der Waals surface area contributed by atoms with Gasteiger partial charge in [-0.25, -0.2) is 4.39 Å². The third-order valence-electron chi connectivity index (χ3n) is 3.93. The Labute approximate surface area is 124 Å². The first kappa shape index (κ1) is 13.4. The first-order chi connectivity index (χ1) is 9.78.